The van der Waals surface area contributed by atoms with Crippen molar-refractivity contribution in [1.29, 1.82) is 5.26 Å². The van der Waals surface area contributed by atoms with Gasteiger partial charge >= 0.3 is 0 Å². The number of hydrogen-bond donors (Lipinski definition) is 2. The van der Waals surface area contributed by atoms with Gasteiger partial charge in [0, 0.05) is 5.39 Å². The number of amides is 1. The van der Waals surface area contributed by atoms with E-state index in [1.807, 2.05) is 37.3 Å². The van der Waals surface area contributed by atoms with Crippen LogP contribution >= 0.6 is 0 Å². The number of hydrogen-bond acceptors (Lipinski definition) is 4. The Morgan fingerprint density at radius 1 is 1.36 bits per heavy atom. The van der Waals surface area contributed by atoms with Crippen LogP contribution in [0, 0.1) is 24.2 Å². The maximum atomic E-state index is 11.7. The first kappa shape index (κ1) is 16.1. The molecule has 0 aliphatic carbocycles. The Hall–Kier alpha value is -2.32. The number of benzene rings is 1. The first-order valence-corrected chi connectivity index (χ1v) is 7.39. The lowest BCUT2D eigenvalue weighted by molar-refractivity contribution is -0.120. The number of nitrogens with one attached hydrogen (secondary N) is 2. The van der Waals surface area contributed by atoms with E-state index in [-0.39, 0.29) is 31.0 Å². The summed E-state index contributed by atoms with van der Waals surface area (Å²) in [5, 5.41) is 15.3. The molecule has 0 aliphatic rings. The van der Waals surface area contributed by atoms with Gasteiger partial charge in [-0.1, -0.05) is 32.0 Å². The molecule has 1 amide bonds. The molecular formula is C17H21N3O2. The molecular weight excluding hydrogens is 278 g/mol. The zero-order chi connectivity index (χ0) is 16.1. The van der Waals surface area contributed by atoms with Gasteiger partial charge in [0.1, 0.15) is 17.9 Å². The van der Waals surface area contributed by atoms with Gasteiger partial charge in [-0.25, -0.2) is 0 Å². The number of para-hydroxylation sites is 1. The average molecular weight is 299 g/mol. The van der Waals surface area contributed by atoms with Crippen molar-refractivity contribution in [2.24, 2.45) is 5.92 Å². The molecule has 0 bridgehead atoms. The van der Waals surface area contributed by atoms with Crippen molar-refractivity contribution in [3.05, 3.63) is 35.6 Å². The quantitative estimate of drug-likeness (QED) is 0.804. The zero-order valence-corrected chi connectivity index (χ0v) is 13.1. The summed E-state index contributed by atoms with van der Waals surface area (Å²) in [6.07, 6.45) is 0. The lowest BCUT2D eigenvalue weighted by atomic mass is 9.98. The zero-order valence-electron chi connectivity index (χ0n) is 13.1. The summed E-state index contributed by atoms with van der Waals surface area (Å²) >= 11 is 0. The lowest BCUT2D eigenvalue weighted by Gasteiger charge is -2.21. The van der Waals surface area contributed by atoms with Crippen molar-refractivity contribution in [1.82, 2.24) is 10.6 Å². The predicted molar refractivity (Wildman–Crippen MR) is 85.2 cm³/mol. The third kappa shape index (κ3) is 3.46. The summed E-state index contributed by atoms with van der Waals surface area (Å²) in [7, 11) is 0. The molecule has 5 heteroatoms. The Kier molecular flexibility index (Phi) is 5.18. The number of aryl methyl sites for hydroxylation is 1. The second-order valence-electron chi connectivity index (χ2n) is 5.62. The Bertz CT molecular complexity index is 697. The van der Waals surface area contributed by atoms with Gasteiger partial charge in [-0.3, -0.25) is 10.1 Å². The number of carbonyl (C=O) groups is 1. The van der Waals surface area contributed by atoms with Crippen LogP contribution in [-0.2, 0) is 4.79 Å². The monoisotopic (exact) mass is 299 g/mol. The SMILES string of the molecule is Cc1c([C@H](NCC(=O)NCC#N)C(C)C)oc2ccccc12. The number of carbonyl (C=O) groups excluding carboxylic acids is 1. The minimum Gasteiger partial charge on any atom is -0.459 e. The van der Waals surface area contributed by atoms with Gasteiger partial charge in [-0.05, 0) is 24.5 Å². The van der Waals surface area contributed by atoms with Crippen molar-refractivity contribution in [3.63, 3.8) is 0 Å². The van der Waals surface area contributed by atoms with Crippen molar-refractivity contribution in [2.75, 3.05) is 13.1 Å². The largest absolute Gasteiger partial charge is 0.459 e. The van der Waals surface area contributed by atoms with Crippen LogP contribution < -0.4 is 10.6 Å². The molecule has 1 heterocycles. The van der Waals surface area contributed by atoms with Gasteiger partial charge in [0.2, 0.25) is 5.91 Å². The van der Waals surface area contributed by atoms with Crippen LogP contribution in [0.25, 0.3) is 11.0 Å². The molecule has 1 aromatic carbocycles. The Morgan fingerprint density at radius 3 is 2.73 bits per heavy atom. The van der Waals surface area contributed by atoms with Crippen LogP contribution in [0.2, 0.25) is 0 Å². The van der Waals surface area contributed by atoms with Crippen molar-refractivity contribution in [3.8, 4) is 6.07 Å². The van der Waals surface area contributed by atoms with E-state index in [1.54, 1.807) is 0 Å². The number of rotatable bonds is 6. The molecule has 0 fully saturated rings. The van der Waals surface area contributed by atoms with Gasteiger partial charge in [-0.2, -0.15) is 5.26 Å². The summed E-state index contributed by atoms with van der Waals surface area (Å²) in [4.78, 5) is 11.7. The maximum Gasteiger partial charge on any atom is 0.234 e. The van der Waals surface area contributed by atoms with E-state index in [0.29, 0.717) is 0 Å². The van der Waals surface area contributed by atoms with Crippen LogP contribution in [-0.4, -0.2) is 19.0 Å². The van der Waals surface area contributed by atoms with Gasteiger partial charge in [0.05, 0.1) is 18.7 Å². The molecule has 1 aromatic heterocycles. The summed E-state index contributed by atoms with van der Waals surface area (Å²) in [6.45, 7) is 6.38. The fourth-order valence-electron chi connectivity index (χ4n) is 2.52. The molecule has 0 saturated carbocycles. The van der Waals surface area contributed by atoms with Crippen LogP contribution in [0.5, 0.6) is 0 Å². The van der Waals surface area contributed by atoms with Crippen LogP contribution in [0.15, 0.2) is 28.7 Å². The first-order chi connectivity index (χ1) is 10.5. The molecule has 0 radical (unpaired) electrons. The molecule has 2 aromatic rings. The van der Waals surface area contributed by atoms with Gasteiger partial charge in [0.15, 0.2) is 0 Å². The molecule has 2 rings (SSSR count). The van der Waals surface area contributed by atoms with Gasteiger partial charge in [-0.15, -0.1) is 0 Å². The van der Waals surface area contributed by atoms with Crippen molar-refractivity contribution < 1.29 is 9.21 Å². The molecule has 0 saturated heterocycles. The normalized spacial score (nSPS) is 12.3. The number of nitrogens with zero attached hydrogens (tertiary/aromatic N) is 1. The van der Waals surface area contributed by atoms with Crippen LogP contribution in [0.1, 0.15) is 31.2 Å². The minimum absolute atomic E-state index is 0.0243. The third-order valence-electron chi connectivity index (χ3n) is 3.68. The second kappa shape index (κ2) is 7.10. The van der Waals surface area contributed by atoms with Gasteiger partial charge in [0.25, 0.3) is 0 Å². The molecule has 1 atom stereocenters. The second-order valence-corrected chi connectivity index (χ2v) is 5.62. The highest BCUT2D eigenvalue weighted by Crippen LogP contribution is 2.32. The van der Waals surface area contributed by atoms with E-state index in [0.717, 1.165) is 22.3 Å². The highest BCUT2D eigenvalue weighted by molar-refractivity contribution is 5.82. The fraction of sp³-hybridized carbons (Fsp3) is 0.412. The average Bonchev–Trinajstić information content (AvgIpc) is 2.83. The van der Waals surface area contributed by atoms with E-state index < -0.39 is 0 Å². The number of fused-ring (bicyclic) bond motifs is 1. The predicted octanol–water partition coefficient (Wildman–Crippen LogP) is 2.67. The van der Waals surface area contributed by atoms with Crippen molar-refractivity contribution >= 4 is 16.9 Å². The summed E-state index contributed by atoms with van der Waals surface area (Å²) < 4.78 is 5.99. The standard InChI is InChI=1S/C17H21N3O2/c1-11(2)16(20-10-15(21)19-9-8-18)17-12(3)13-6-4-5-7-14(13)22-17/h4-7,11,16,20H,9-10H2,1-3H3,(H,19,21)/t16-/m1/s1. The smallest absolute Gasteiger partial charge is 0.234 e. The van der Waals surface area contributed by atoms with E-state index in [9.17, 15) is 4.79 Å². The minimum atomic E-state index is -0.194. The lowest BCUT2D eigenvalue weighted by Crippen LogP contribution is -2.37. The highest BCUT2D eigenvalue weighted by Gasteiger charge is 2.23. The van der Waals surface area contributed by atoms with Crippen LogP contribution in [0.4, 0.5) is 0 Å². The highest BCUT2D eigenvalue weighted by atomic mass is 16.3. The molecule has 0 aliphatic heterocycles. The molecule has 116 valence electrons. The molecule has 2 N–H and O–H groups in total. The van der Waals surface area contributed by atoms with E-state index in [2.05, 4.69) is 24.5 Å². The first-order valence-electron chi connectivity index (χ1n) is 7.39. The van der Waals surface area contributed by atoms with Gasteiger partial charge < -0.3 is 9.73 Å². The Balaban J connectivity index is 2.18. The molecule has 22 heavy (non-hydrogen) atoms. The maximum absolute atomic E-state index is 11.7. The van der Waals surface area contributed by atoms with E-state index in [4.69, 9.17) is 9.68 Å². The topological polar surface area (TPSA) is 78.1 Å². The molecule has 0 spiro atoms. The van der Waals surface area contributed by atoms with E-state index >= 15 is 0 Å². The molecule has 5 nitrogen and oxygen atoms in total. The summed E-state index contributed by atoms with van der Waals surface area (Å²) in [6, 6.07) is 9.75. The number of furan rings is 1. The fourth-order valence-corrected chi connectivity index (χ4v) is 2.52. The van der Waals surface area contributed by atoms with Crippen molar-refractivity contribution in [2.45, 2.75) is 26.8 Å². The Morgan fingerprint density at radius 2 is 2.09 bits per heavy atom. The Labute approximate surface area is 130 Å². The summed E-state index contributed by atoms with van der Waals surface area (Å²) in [5.74, 6) is 0.938. The number of nitriles is 1. The van der Waals surface area contributed by atoms with Crippen LogP contribution in [0.3, 0.4) is 0 Å². The van der Waals surface area contributed by atoms with E-state index in [1.165, 1.54) is 0 Å². The summed E-state index contributed by atoms with van der Waals surface area (Å²) in [5.41, 5.74) is 1.95. The third-order valence-corrected chi connectivity index (χ3v) is 3.68. The molecule has 0 unspecified atom stereocenters.